The van der Waals surface area contributed by atoms with Crippen LogP contribution in [0.5, 0.6) is 5.75 Å². The van der Waals surface area contributed by atoms with Crippen molar-refractivity contribution in [1.29, 1.82) is 0 Å². The smallest absolute Gasteiger partial charge is 0.261 e. The Morgan fingerprint density at radius 2 is 1.88 bits per heavy atom. The van der Waals surface area contributed by atoms with Crippen LogP contribution in [-0.2, 0) is 9.84 Å². The van der Waals surface area contributed by atoms with Crippen molar-refractivity contribution in [3.05, 3.63) is 47.0 Å². The van der Waals surface area contributed by atoms with Crippen LogP contribution in [0.4, 0.5) is 5.13 Å². The van der Waals surface area contributed by atoms with Gasteiger partial charge in [-0.2, -0.15) is 0 Å². The minimum Gasteiger partial charge on any atom is -0.494 e. The van der Waals surface area contributed by atoms with E-state index in [1.807, 2.05) is 19.0 Å². The lowest BCUT2D eigenvalue weighted by Crippen LogP contribution is -2.34. The normalized spacial score (nSPS) is 11.8. The fourth-order valence-electron chi connectivity index (χ4n) is 3.27. The van der Waals surface area contributed by atoms with Crippen molar-refractivity contribution in [2.24, 2.45) is 0 Å². The van der Waals surface area contributed by atoms with Crippen molar-refractivity contribution in [1.82, 2.24) is 9.88 Å². The maximum atomic E-state index is 13.7. The lowest BCUT2D eigenvalue weighted by molar-refractivity contribution is 0.0983. The zero-order valence-electron chi connectivity index (χ0n) is 18.5. The zero-order chi connectivity index (χ0) is 23.5. The van der Waals surface area contributed by atoms with E-state index < -0.39 is 15.7 Å². The summed E-state index contributed by atoms with van der Waals surface area (Å²) in [6.45, 7) is 2.69. The molecule has 0 saturated carbocycles. The number of carbonyl (C=O) groups excluding carboxylic acids is 1. The summed E-state index contributed by atoms with van der Waals surface area (Å²) in [5.41, 5.74) is 0.705. The Kier molecular flexibility index (Phi) is 7.76. The van der Waals surface area contributed by atoms with Crippen molar-refractivity contribution >= 4 is 54.0 Å². The average molecular weight is 496 g/mol. The van der Waals surface area contributed by atoms with Gasteiger partial charge in [0.2, 0.25) is 0 Å². The van der Waals surface area contributed by atoms with E-state index in [1.54, 1.807) is 44.4 Å². The monoisotopic (exact) mass is 495 g/mol. The number of nitrogens with zero attached hydrogens (tertiary/aromatic N) is 3. The third-order valence-corrected chi connectivity index (χ3v) is 8.29. The van der Waals surface area contributed by atoms with Crippen LogP contribution in [0.1, 0.15) is 23.7 Å². The summed E-state index contributed by atoms with van der Waals surface area (Å²) in [5, 5.41) is 0.957. The number of ether oxygens (including phenoxy) is 1. The molecule has 0 aliphatic carbocycles. The molecule has 2 aromatic carbocycles. The third-order valence-electron chi connectivity index (χ3n) is 4.96. The molecule has 0 radical (unpaired) electrons. The lowest BCUT2D eigenvalue weighted by Gasteiger charge is -2.22. The molecule has 0 aliphatic rings. The first-order valence-corrected chi connectivity index (χ1v) is 13.0. The molecule has 1 amide bonds. The molecular formula is C22H26ClN3O4S2. The maximum Gasteiger partial charge on any atom is 0.261 e. The van der Waals surface area contributed by atoms with Crippen LogP contribution < -0.4 is 9.64 Å². The molecule has 0 N–H and O–H groups in total. The molecule has 0 atom stereocenters. The fraction of sp³-hybridized carbons (Fsp3) is 0.364. The number of thiazole rings is 1. The van der Waals surface area contributed by atoms with Gasteiger partial charge in [0.25, 0.3) is 5.91 Å². The summed E-state index contributed by atoms with van der Waals surface area (Å²) >= 11 is 7.66. The Morgan fingerprint density at radius 3 is 2.53 bits per heavy atom. The minimum absolute atomic E-state index is 0.0295. The van der Waals surface area contributed by atoms with Gasteiger partial charge >= 0.3 is 0 Å². The highest BCUT2D eigenvalue weighted by Gasteiger charge is 2.27. The van der Waals surface area contributed by atoms with Crippen molar-refractivity contribution in [2.75, 3.05) is 44.9 Å². The number of halogens is 1. The van der Waals surface area contributed by atoms with Gasteiger partial charge in [-0.3, -0.25) is 9.69 Å². The van der Waals surface area contributed by atoms with Crippen molar-refractivity contribution in [2.45, 2.75) is 18.2 Å². The van der Waals surface area contributed by atoms with Crippen molar-refractivity contribution < 1.29 is 17.9 Å². The second-order valence-electron chi connectivity index (χ2n) is 7.44. The molecule has 0 spiro atoms. The van der Waals surface area contributed by atoms with E-state index in [0.29, 0.717) is 39.1 Å². The number of hydrogen-bond donors (Lipinski definition) is 0. The number of sulfone groups is 1. The highest BCUT2D eigenvalue weighted by atomic mass is 35.5. The Balaban J connectivity index is 2.11. The number of hydrogen-bond acceptors (Lipinski definition) is 7. The summed E-state index contributed by atoms with van der Waals surface area (Å²) in [4.78, 5) is 21.9. The molecule has 1 aromatic heterocycles. The first-order valence-electron chi connectivity index (χ1n) is 10.1. The lowest BCUT2D eigenvalue weighted by atomic mass is 10.2. The number of aromatic nitrogens is 1. The van der Waals surface area contributed by atoms with E-state index in [2.05, 4.69) is 4.98 Å². The number of amides is 1. The van der Waals surface area contributed by atoms with Gasteiger partial charge in [0.05, 0.1) is 33.0 Å². The van der Waals surface area contributed by atoms with Gasteiger partial charge in [0.1, 0.15) is 11.3 Å². The van der Waals surface area contributed by atoms with Crippen LogP contribution in [0.2, 0.25) is 5.02 Å². The molecule has 0 unspecified atom stereocenters. The van der Waals surface area contributed by atoms with E-state index in [9.17, 15) is 13.2 Å². The summed E-state index contributed by atoms with van der Waals surface area (Å²) in [5.74, 6) is 0.0540. The second kappa shape index (κ2) is 10.2. The third kappa shape index (κ3) is 5.06. The number of benzene rings is 2. The van der Waals surface area contributed by atoms with Gasteiger partial charge in [-0.25, -0.2) is 13.4 Å². The number of anilines is 1. The van der Waals surface area contributed by atoms with Crippen LogP contribution >= 0.6 is 22.9 Å². The molecule has 0 bridgehead atoms. The van der Waals surface area contributed by atoms with E-state index >= 15 is 0 Å². The number of methoxy groups -OCH3 is 1. The second-order valence-corrected chi connectivity index (χ2v) is 11.1. The first-order chi connectivity index (χ1) is 15.2. The van der Waals surface area contributed by atoms with Gasteiger partial charge in [0, 0.05) is 6.54 Å². The Morgan fingerprint density at radius 1 is 1.16 bits per heavy atom. The quantitative estimate of drug-likeness (QED) is 0.439. The van der Waals surface area contributed by atoms with Crippen molar-refractivity contribution in [3.63, 3.8) is 0 Å². The molecule has 3 aromatic rings. The van der Waals surface area contributed by atoms with Gasteiger partial charge in [-0.1, -0.05) is 42.0 Å². The minimum atomic E-state index is -3.58. The van der Waals surface area contributed by atoms with Gasteiger partial charge < -0.3 is 9.64 Å². The average Bonchev–Trinajstić information content (AvgIpc) is 3.22. The molecule has 172 valence electrons. The van der Waals surface area contributed by atoms with Crippen LogP contribution in [0.25, 0.3) is 10.2 Å². The van der Waals surface area contributed by atoms with Crippen LogP contribution in [0.15, 0.2) is 41.3 Å². The Hall–Kier alpha value is -2.20. The molecule has 0 fully saturated rings. The predicted octanol–water partition coefficient (Wildman–Crippen LogP) is 4.35. The maximum absolute atomic E-state index is 13.7. The molecule has 0 saturated heterocycles. The summed E-state index contributed by atoms with van der Waals surface area (Å²) in [7, 11) is 1.88. The topological polar surface area (TPSA) is 79.8 Å². The van der Waals surface area contributed by atoms with E-state index in [0.717, 1.165) is 6.54 Å². The van der Waals surface area contributed by atoms with Gasteiger partial charge in [-0.15, -0.1) is 0 Å². The van der Waals surface area contributed by atoms with E-state index in [1.165, 1.54) is 22.3 Å². The zero-order valence-corrected chi connectivity index (χ0v) is 20.9. The van der Waals surface area contributed by atoms with E-state index in [-0.39, 0.29) is 16.2 Å². The number of carbonyl (C=O) groups is 1. The SMILES string of the molecule is CCS(=O)(=O)c1ccccc1C(=O)N(CCCN(C)C)c1nc2c(OC)ccc(Cl)c2s1. The molecule has 1 heterocycles. The van der Waals surface area contributed by atoms with E-state index in [4.69, 9.17) is 16.3 Å². The Bertz CT molecular complexity index is 1230. The molecule has 32 heavy (non-hydrogen) atoms. The summed E-state index contributed by atoms with van der Waals surface area (Å²) < 4.78 is 31.4. The Labute approximate surface area is 197 Å². The standard InChI is InChI=1S/C22H26ClN3O4S2/c1-5-32(28,29)18-10-7-6-9-15(18)21(27)26(14-8-13-25(2)3)22-24-19-17(30-4)12-11-16(23)20(19)31-22/h6-7,9-12H,5,8,13-14H2,1-4H3. The molecular weight excluding hydrogens is 470 g/mol. The van der Waals surface area contributed by atoms with Gasteiger partial charge in [0.15, 0.2) is 15.0 Å². The highest BCUT2D eigenvalue weighted by Crippen LogP contribution is 2.39. The van der Waals surface area contributed by atoms with Crippen LogP contribution in [0.3, 0.4) is 0 Å². The van der Waals surface area contributed by atoms with Crippen LogP contribution in [0, 0.1) is 0 Å². The fourth-order valence-corrected chi connectivity index (χ4v) is 5.63. The van der Waals surface area contributed by atoms with Crippen molar-refractivity contribution in [3.8, 4) is 5.75 Å². The number of rotatable bonds is 9. The van der Waals surface area contributed by atoms with Gasteiger partial charge in [-0.05, 0) is 51.3 Å². The molecule has 10 heteroatoms. The molecule has 7 nitrogen and oxygen atoms in total. The number of fused-ring (bicyclic) bond motifs is 1. The van der Waals surface area contributed by atoms with Crippen LogP contribution in [-0.4, -0.2) is 64.3 Å². The predicted molar refractivity (Wildman–Crippen MR) is 130 cm³/mol. The largest absolute Gasteiger partial charge is 0.494 e. The highest BCUT2D eigenvalue weighted by molar-refractivity contribution is 7.91. The summed E-state index contributed by atoms with van der Waals surface area (Å²) in [6, 6.07) is 9.77. The molecule has 0 aliphatic heterocycles. The summed E-state index contributed by atoms with van der Waals surface area (Å²) in [6.07, 6.45) is 0.683. The first kappa shape index (κ1) is 24.4. The molecule has 3 rings (SSSR count).